The Morgan fingerprint density at radius 1 is 0.708 bits per heavy atom. The van der Waals surface area contributed by atoms with Crippen LogP contribution in [0.3, 0.4) is 0 Å². The summed E-state index contributed by atoms with van der Waals surface area (Å²) in [4.78, 5) is 4.49. The predicted octanol–water partition coefficient (Wildman–Crippen LogP) is 5.23. The second-order valence-corrected chi connectivity index (χ2v) is 5.71. The Kier molecular flexibility index (Phi) is 3.60. The number of nitrogens with two attached hydrogens (primary N) is 1. The second kappa shape index (κ2) is 6.05. The van der Waals surface area contributed by atoms with Crippen molar-refractivity contribution >= 4 is 28.0 Å². The van der Waals surface area contributed by atoms with Crippen LogP contribution in [0.1, 0.15) is 0 Å². The van der Waals surface area contributed by atoms with E-state index in [1.807, 2.05) is 54.7 Å². The molecule has 3 heteroatoms. The molecule has 0 amide bonds. The van der Waals surface area contributed by atoms with Crippen LogP contribution in [0.15, 0.2) is 85.1 Å². The summed E-state index contributed by atoms with van der Waals surface area (Å²) < 4.78 is 0. The number of nitrogen functional groups attached to an aromatic ring is 1. The summed E-state index contributed by atoms with van der Waals surface area (Å²) >= 11 is 0. The van der Waals surface area contributed by atoms with Gasteiger partial charge in [-0.25, -0.2) is 4.98 Å². The molecule has 0 fully saturated rings. The van der Waals surface area contributed by atoms with E-state index in [2.05, 4.69) is 40.6 Å². The Hall–Kier alpha value is -3.33. The van der Waals surface area contributed by atoms with Crippen LogP contribution in [0.25, 0.3) is 21.9 Å². The summed E-state index contributed by atoms with van der Waals surface area (Å²) in [5, 5.41) is 5.68. The van der Waals surface area contributed by atoms with Crippen molar-refractivity contribution < 1.29 is 0 Å². The fourth-order valence-electron chi connectivity index (χ4n) is 2.77. The summed E-state index contributed by atoms with van der Waals surface area (Å²) in [5.74, 6) is 0.672. The summed E-state index contributed by atoms with van der Waals surface area (Å²) in [6.07, 6.45) is 1.85. The number of hydrogen-bond acceptors (Lipinski definition) is 3. The van der Waals surface area contributed by atoms with Gasteiger partial charge in [0.05, 0.1) is 5.69 Å². The maximum absolute atomic E-state index is 6.19. The monoisotopic (exact) mass is 311 g/mol. The van der Waals surface area contributed by atoms with Crippen LogP contribution in [0.5, 0.6) is 0 Å². The van der Waals surface area contributed by atoms with E-state index < -0.39 is 0 Å². The molecule has 116 valence electrons. The first-order valence-electron chi connectivity index (χ1n) is 7.86. The minimum Gasteiger partial charge on any atom is -0.396 e. The van der Waals surface area contributed by atoms with Crippen molar-refractivity contribution in [2.45, 2.75) is 0 Å². The minimum absolute atomic E-state index is 0.629. The molecule has 0 unspecified atom stereocenters. The lowest BCUT2D eigenvalue weighted by atomic mass is 10.0. The summed E-state index contributed by atoms with van der Waals surface area (Å²) in [6, 6.07) is 26.6. The van der Waals surface area contributed by atoms with Gasteiger partial charge in [0.15, 0.2) is 5.82 Å². The zero-order valence-corrected chi connectivity index (χ0v) is 13.1. The number of rotatable bonds is 3. The average molecular weight is 311 g/mol. The Bertz CT molecular complexity index is 994. The summed E-state index contributed by atoms with van der Waals surface area (Å²) in [7, 11) is 0. The second-order valence-electron chi connectivity index (χ2n) is 5.71. The number of pyridine rings is 1. The first kappa shape index (κ1) is 14.3. The first-order valence-corrected chi connectivity index (χ1v) is 7.86. The van der Waals surface area contributed by atoms with E-state index in [-0.39, 0.29) is 0 Å². The van der Waals surface area contributed by atoms with Crippen LogP contribution in [-0.2, 0) is 0 Å². The summed E-state index contributed by atoms with van der Waals surface area (Å²) in [6.45, 7) is 0. The quantitative estimate of drug-likeness (QED) is 0.545. The molecule has 3 N–H and O–H groups in total. The van der Waals surface area contributed by atoms with Crippen LogP contribution in [-0.4, -0.2) is 4.98 Å². The van der Waals surface area contributed by atoms with Gasteiger partial charge < -0.3 is 11.1 Å². The fraction of sp³-hybridized carbons (Fsp3) is 0. The number of anilines is 3. The van der Waals surface area contributed by atoms with Gasteiger partial charge in [0.25, 0.3) is 0 Å². The van der Waals surface area contributed by atoms with Gasteiger partial charge in [0.2, 0.25) is 0 Å². The fourth-order valence-corrected chi connectivity index (χ4v) is 2.77. The Morgan fingerprint density at radius 2 is 1.46 bits per heavy atom. The van der Waals surface area contributed by atoms with Crippen LogP contribution >= 0.6 is 0 Å². The molecule has 3 aromatic carbocycles. The van der Waals surface area contributed by atoms with Crippen molar-refractivity contribution in [2.75, 3.05) is 11.1 Å². The molecule has 24 heavy (non-hydrogen) atoms. The van der Waals surface area contributed by atoms with Gasteiger partial charge >= 0.3 is 0 Å². The molecule has 0 spiro atoms. The molecule has 0 radical (unpaired) electrons. The zero-order valence-electron chi connectivity index (χ0n) is 13.1. The van der Waals surface area contributed by atoms with Crippen molar-refractivity contribution in [3.8, 4) is 11.1 Å². The molecule has 0 aliphatic rings. The van der Waals surface area contributed by atoms with E-state index >= 15 is 0 Å². The van der Waals surface area contributed by atoms with E-state index in [1.54, 1.807) is 0 Å². The van der Waals surface area contributed by atoms with E-state index in [4.69, 9.17) is 5.73 Å². The van der Waals surface area contributed by atoms with Crippen LogP contribution in [0.2, 0.25) is 0 Å². The highest BCUT2D eigenvalue weighted by molar-refractivity contribution is 5.88. The van der Waals surface area contributed by atoms with Gasteiger partial charge in [-0.1, -0.05) is 54.6 Å². The zero-order chi connectivity index (χ0) is 16.4. The topological polar surface area (TPSA) is 50.9 Å². The maximum Gasteiger partial charge on any atom is 0.153 e. The molecule has 0 aliphatic carbocycles. The van der Waals surface area contributed by atoms with Gasteiger partial charge in [-0.05, 0) is 40.6 Å². The van der Waals surface area contributed by atoms with Gasteiger partial charge in [0, 0.05) is 17.4 Å². The third-order valence-electron chi connectivity index (χ3n) is 4.04. The van der Waals surface area contributed by atoms with Crippen molar-refractivity contribution in [3.05, 3.63) is 85.1 Å². The van der Waals surface area contributed by atoms with Crippen LogP contribution in [0.4, 0.5) is 17.2 Å². The highest BCUT2D eigenvalue weighted by Crippen LogP contribution is 2.28. The number of benzene rings is 3. The molecule has 4 aromatic rings. The smallest absolute Gasteiger partial charge is 0.153 e. The van der Waals surface area contributed by atoms with Gasteiger partial charge in [-0.2, -0.15) is 0 Å². The third-order valence-corrected chi connectivity index (χ3v) is 4.04. The number of para-hydroxylation sites is 1. The molecule has 0 saturated heterocycles. The number of fused-ring (bicyclic) bond motifs is 1. The first-order chi connectivity index (χ1) is 11.8. The lowest BCUT2D eigenvalue weighted by molar-refractivity contribution is 1.31. The van der Waals surface area contributed by atoms with Crippen molar-refractivity contribution in [1.29, 1.82) is 0 Å². The van der Waals surface area contributed by atoms with Gasteiger partial charge in [-0.3, -0.25) is 0 Å². The maximum atomic E-state index is 6.19. The molecule has 1 heterocycles. The predicted molar refractivity (Wildman–Crippen MR) is 101 cm³/mol. The highest BCUT2D eigenvalue weighted by Gasteiger charge is 2.06. The number of nitrogens with zero attached hydrogens (tertiary/aromatic N) is 1. The van der Waals surface area contributed by atoms with Crippen molar-refractivity contribution in [3.63, 3.8) is 0 Å². The average Bonchev–Trinajstić information content (AvgIpc) is 2.64. The van der Waals surface area contributed by atoms with Gasteiger partial charge in [-0.15, -0.1) is 0 Å². The SMILES string of the molecule is Nc1cc(-c2ccc3ccccc3c2)cnc1Nc1ccccc1. The van der Waals surface area contributed by atoms with Crippen molar-refractivity contribution in [1.82, 2.24) is 4.98 Å². The minimum atomic E-state index is 0.629. The molecule has 3 nitrogen and oxygen atoms in total. The summed E-state index contributed by atoms with van der Waals surface area (Å²) in [5.41, 5.74) is 9.91. The van der Waals surface area contributed by atoms with Crippen molar-refractivity contribution in [2.24, 2.45) is 0 Å². The molecule has 0 atom stereocenters. The number of hydrogen-bond donors (Lipinski definition) is 2. The molecular weight excluding hydrogens is 294 g/mol. The van der Waals surface area contributed by atoms with E-state index in [0.29, 0.717) is 11.5 Å². The number of aromatic nitrogens is 1. The Morgan fingerprint density at radius 3 is 2.25 bits per heavy atom. The van der Waals surface area contributed by atoms with Crippen LogP contribution < -0.4 is 11.1 Å². The van der Waals surface area contributed by atoms with E-state index in [9.17, 15) is 0 Å². The Balaban J connectivity index is 1.67. The molecular formula is C21H17N3. The van der Waals surface area contributed by atoms with E-state index in [1.165, 1.54) is 10.8 Å². The molecule has 0 aliphatic heterocycles. The lowest BCUT2D eigenvalue weighted by Gasteiger charge is -2.10. The highest BCUT2D eigenvalue weighted by atomic mass is 15.0. The standard InChI is InChI=1S/C21H17N3/c22-20-13-18(14-23-21(20)24-19-8-2-1-3-9-19)17-11-10-15-6-4-5-7-16(15)12-17/h1-14H,22H2,(H,23,24). The largest absolute Gasteiger partial charge is 0.396 e. The lowest BCUT2D eigenvalue weighted by Crippen LogP contribution is -1.99. The van der Waals surface area contributed by atoms with Crippen LogP contribution in [0, 0.1) is 0 Å². The number of nitrogens with one attached hydrogen (secondary N) is 1. The van der Waals surface area contributed by atoms with Gasteiger partial charge in [0.1, 0.15) is 0 Å². The molecule has 0 saturated carbocycles. The molecule has 1 aromatic heterocycles. The van der Waals surface area contributed by atoms with E-state index in [0.717, 1.165) is 16.8 Å². The Labute approximate surface area is 140 Å². The molecule has 0 bridgehead atoms. The molecule has 4 rings (SSSR count). The third kappa shape index (κ3) is 2.79. The normalized spacial score (nSPS) is 10.7.